The van der Waals surface area contributed by atoms with Gasteiger partial charge >= 0.3 is 0 Å². The van der Waals surface area contributed by atoms with Crippen LogP contribution in [0.2, 0.25) is 0 Å². The molecule has 1 aromatic heterocycles. The summed E-state index contributed by atoms with van der Waals surface area (Å²) >= 11 is 0.715. The Hall–Kier alpha value is -2.17. The summed E-state index contributed by atoms with van der Waals surface area (Å²) in [6.45, 7) is 5.89. The predicted molar refractivity (Wildman–Crippen MR) is 91.7 cm³/mol. The molecule has 0 atom stereocenters. The molecular weight excluding hydrogens is 292 g/mol. The lowest BCUT2D eigenvalue weighted by Crippen LogP contribution is -2.33. The zero-order chi connectivity index (χ0) is 15.7. The third-order valence-corrected chi connectivity index (χ3v) is 4.49. The molecule has 0 aliphatic rings. The van der Waals surface area contributed by atoms with E-state index in [0.717, 1.165) is 16.2 Å². The Morgan fingerprint density at radius 3 is 2.73 bits per heavy atom. The van der Waals surface area contributed by atoms with Gasteiger partial charge in [0.25, 0.3) is 6.33 Å². The zero-order valence-electron chi connectivity index (χ0n) is 12.6. The number of aromatic nitrogens is 2. The largest absolute Gasteiger partial charge is 0.325 e. The van der Waals surface area contributed by atoms with E-state index in [2.05, 4.69) is 42.8 Å². The van der Waals surface area contributed by atoms with Gasteiger partial charge in [-0.05, 0) is 40.4 Å². The fourth-order valence-electron chi connectivity index (χ4n) is 2.78. The minimum Gasteiger partial charge on any atom is -0.325 e. The van der Waals surface area contributed by atoms with E-state index in [1.807, 2.05) is 23.7 Å². The summed E-state index contributed by atoms with van der Waals surface area (Å²) in [6.07, 6.45) is 3.42. The van der Waals surface area contributed by atoms with Crippen LogP contribution in [0.3, 0.4) is 0 Å². The average Bonchev–Trinajstić information content (AvgIpc) is 2.55. The monoisotopic (exact) mass is 309 g/mol. The van der Waals surface area contributed by atoms with E-state index in [-0.39, 0.29) is 0 Å². The molecule has 110 valence electrons. The van der Waals surface area contributed by atoms with Gasteiger partial charge in [0.05, 0.1) is 7.05 Å². The maximum absolute atomic E-state index is 9.74. The molecule has 2 aromatic carbocycles. The van der Waals surface area contributed by atoms with Crippen LogP contribution in [0.25, 0.3) is 28.1 Å². The molecule has 0 unspecified atom stereocenters. The lowest BCUT2D eigenvalue weighted by Gasteiger charge is -2.12. The Balaban J connectivity index is 2.37. The third-order valence-electron chi connectivity index (χ3n) is 3.91. The van der Waals surface area contributed by atoms with Crippen molar-refractivity contribution in [1.29, 1.82) is 0 Å². The smallest absolute Gasteiger partial charge is 0.287 e. The molecule has 3 rings (SSSR count). The van der Waals surface area contributed by atoms with Crippen molar-refractivity contribution < 1.29 is 9.12 Å². The van der Waals surface area contributed by atoms with Crippen molar-refractivity contribution in [3.05, 3.63) is 60.6 Å². The summed E-state index contributed by atoms with van der Waals surface area (Å²) in [5, 5.41) is 2.42. The fourth-order valence-corrected chi connectivity index (χ4v) is 3.35. The van der Waals surface area contributed by atoms with Crippen LogP contribution in [0.5, 0.6) is 0 Å². The van der Waals surface area contributed by atoms with Crippen molar-refractivity contribution in [3.63, 3.8) is 0 Å². The molecule has 0 bridgehead atoms. The van der Waals surface area contributed by atoms with Crippen LogP contribution in [0, 0.1) is 6.92 Å². The van der Waals surface area contributed by atoms with Crippen LogP contribution < -0.4 is 4.57 Å². The molecule has 4 heteroatoms. The van der Waals surface area contributed by atoms with Gasteiger partial charge in [0.2, 0.25) is 0 Å². The van der Waals surface area contributed by atoms with Crippen molar-refractivity contribution in [3.8, 4) is 11.3 Å². The first-order valence-corrected chi connectivity index (χ1v) is 7.76. The van der Waals surface area contributed by atoms with Crippen LogP contribution in [-0.2, 0) is 7.05 Å². The second kappa shape index (κ2) is 5.91. The van der Waals surface area contributed by atoms with E-state index in [1.54, 1.807) is 12.4 Å². The first kappa shape index (κ1) is 14.8. The summed E-state index contributed by atoms with van der Waals surface area (Å²) in [7, 11) is 1.93. The highest BCUT2D eigenvalue weighted by atomic mass is 32.2. The maximum atomic E-state index is 9.74. The van der Waals surface area contributed by atoms with Gasteiger partial charge in [-0.3, -0.25) is 0 Å². The van der Waals surface area contributed by atoms with Crippen molar-refractivity contribution in [2.45, 2.75) is 11.8 Å². The molecule has 22 heavy (non-hydrogen) atoms. The fraction of sp³-hybridized carbons (Fsp3) is 0.111. The lowest BCUT2D eigenvalue weighted by atomic mass is 9.97. The molecule has 0 amide bonds. The van der Waals surface area contributed by atoms with Gasteiger partial charge in [0.15, 0.2) is 11.4 Å². The van der Waals surface area contributed by atoms with Crippen molar-refractivity contribution in [2.24, 2.45) is 7.05 Å². The van der Waals surface area contributed by atoms with Crippen LogP contribution in [0.1, 0.15) is 11.3 Å². The molecule has 0 aliphatic carbocycles. The second-order valence-corrected chi connectivity index (χ2v) is 5.76. The van der Waals surface area contributed by atoms with Crippen molar-refractivity contribution in [1.82, 2.24) is 4.98 Å². The predicted octanol–water partition coefficient (Wildman–Crippen LogP) is 4.24. The highest BCUT2D eigenvalue weighted by Crippen LogP contribution is 2.34. The second-order valence-electron chi connectivity index (χ2n) is 5.17. The quantitative estimate of drug-likeness (QED) is 0.581. The molecular formula is C18H17N2OS+. The molecule has 0 saturated carbocycles. The molecule has 0 radical (unpaired) electrons. The third kappa shape index (κ3) is 2.30. The topological polar surface area (TPSA) is 37.0 Å². The van der Waals surface area contributed by atoms with Gasteiger partial charge in [-0.2, -0.15) is 0 Å². The minimum absolute atomic E-state index is 0.688. The van der Waals surface area contributed by atoms with E-state index in [0.29, 0.717) is 17.7 Å². The van der Waals surface area contributed by atoms with Gasteiger partial charge < -0.3 is 4.55 Å². The Kier molecular flexibility index (Phi) is 3.96. The highest BCUT2D eigenvalue weighted by Gasteiger charge is 2.21. The maximum Gasteiger partial charge on any atom is 0.287 e. The molecule has 0 aliphatic heterocycles. The summed E-state index contributed by atoms with van der Waals surface area (Å²) < 4.78 is 11.7. The molecule has 0 spiro atoms. The minimum atomic E-state index is 0.688. The first-order valence-electron chi connectivity index (χ1n) is 6.98. The van der Waals surface area contributed by atoms with E-state index in [1.165, 1.54) is 16.3 Å². The number of aryl methyl sites for hydroxylation is 2. The standard InChI is InChI=1S/C18H16N2OS/c1-4-16-18(22-21)17(20(3)11-19-16)15-10-9-13-7-5-6-8-14(13)12(15)2/h4-11H,1H2,2-3H3/p+1. The Morgan fingerprint density at radius 2 is 2.00 bits per heavy atom. The first-order chi connectivity index (χ1) is 10.7. The number of hydrogen-bond donors (Lipinski definition) is 1. The molecule has 3 nitrogen and oxygen atoms in total. The summed E-state index contributed by atoms with van der Waals surface area (Å²) in [4.78, 5) is 5.03. The summed E-state index contributed by atoms with van der Waals surface area (Å²) in [6, 6.07) is 12.5. The lowest BCUT2D eigenvalue weighted by molar-refractivity contribution is -0.665. The van der Waals surface area contributed by atoms with Gasteiger partial charge in [0, 0.05) is 17.6 Å². The van der Waals surface area contributed by atoms with Crippen molar-refractivity contribution in [2.75, 3.05) is 0 Å². The van der Waals surface area contributed by atoms with Crippen molar-refractivity contribution >= 4 is 28.9 Å². The molecule has 0 fully saturated rings. The number of hydrogen-bond acceptors (Lipinski definition) is 3. The highest BCUT2D eigenvalue weighted by molar-refractivity contribution is 7.94. The van der Waals surface area contributed by atoms with E-state index < -0.39 is 0 Å². The molecule has 0 saturated heterocycles. The van der Waals surface area contributed by atoms with E-state index in [4.69, 9.17) is 0 Å². The van der Waals surface area contributed by atoms with Crippen LogP contribution in [0.15, 0.2) is 54.2 Å². The number of nitrogens with zero attached hydrogens (tertiary/aromatic N) is 2. The summed E-state index contributed by atoms with van der Waals surface area (Å²) in [5.74, 6) is 0. The molecule has 1 heterocycles. The molecule has 1 N–H and O–H groups in total. The number of benzene rings is 2. The van der Waals surface area contributed by atoms with Gasteiger partial charge in [-0.25, -0.2) is 4.57 Å². The Labute approximate surface area is 134 Å². The van der Waals surface area contributed by atoms with Gasteiger partial charge in [-0.1, -0.05) is 36.9 Å². The van der Waals surface area contributed by atoms with Crippen LogP contribution in [-0.4, -0.2) is 9.54 Å². The zero-order valence-corrected chi connectivity index (χ0v) is 13.4. The Morgan fingerprint density at radius 1 is 1.23 bits per heavy atom. The number of rotatable bonds is 3. The Bertz CT molecular complexity index is 874. The summed E-state index contributed by atoms with van der Waals surface area (Å²) in [5.41, 5.74) is 3.90. The van der Waals surface area contributed by atoms with Gasteiger partial charge in [-0.15, -0.1) is 0 Å². The normalized spacial score (nSPS) is 10.9. The van der Waals surface area contributed by atoms with Gasteiger partial charge in [0.1, 0.15) is 4.90 Å². The van der Waals surface area contributed by atoms with Crippen LogP contribution >= 0.6 is 12.0 Å². The van der Waals surface area contributed by atoms with E-state index in [9.17, 15) is 4.55 Å². The molecule has 3 aromatic rings. The van der Waals surface area contributed by atoms with Crippen LogP contribution in [0.4, 0.5) is 0 Å². The number of fused-ring (bicyclic) bond motifs is 1. The van der Waals surface area contributed by atoms with E-state index >= 15 is 0 Å². The SMILES string of the molecule is C=Cc1nc[n+](C)c(-c2ccc3ccccc3c2C)c1SO. The average molecular weight is 309 g/mol.